The topological polar surface area (TPSA) is 0 Å². The van der Waals surface area contributed by atoms with Crippen LogP contribution in [0.2, 0.25) is 0 Å². The molecule has 0 fully saturated rings. The second-order valence-electron chi connectivity index (χ2n) is 6.12. The molecule has 0 aromatic heterocycles. The van der Waals surface area contributed by atoms with E-state index < -0.39 is 0 Å². The third-order valence-corrected chi connectivity index (χ3v) is 4.76. The van der Waals surface area contributed by atoms with Gasteiger partial charge in [0.25, 0.3) is 0 Å². The van der Waals surface area contributed by atoms with Crippen molar-refractivity contribution in [3.05, 3.63) is 119 Å². The molecule has 0 N–H and O–H groups in total. The highest BCUT2D eigenvalue weighted by molar-refractivity contribution is 5.91. The maximum atomic E-state index is 2.42. The van der Waals surface area contributed by atoms with Crippen molar-refractivity contribution in [2.24, 2.45) is 0 Å². The molecule has 0 nitrogen and oxygen atoms in total. The Morgan fingerprint density at radius 1 is 0.750 bits per heavy atom. The van der Waals surface area contributed by atoms with Gasteiger partial charge in [-0.1, -0.05) is 97.1 Å². The predicted octanol–water partition coefficient (Wildman–Crippen LogP) is 6.32. The fraction of sp³-hybridized carbons (Fsp3) is 0.0833. The van der Waals surface area contributed by atoms with E-state index in [1.54, 1.807) is 0 Å². The lowest BCUT2D eigenvalue weighted by Crippen LogP contribution is -1.97. The van der Waals surface area contributed by atoms with Crippen molar-refractivity contribution in [3.63, 3.8) is 0 Å². The zero-order valence-electron chi connectivity index (χ0n) is 13.8. The van der Waals surface area contributed by atoms with Gasteiger partial charge in [-0.3, -0.25) is 0 Å². The van der Waals surface area contributed by atoms with Crippen LogP contribution in [0.25, 0.3) is 11.1 Å². The quantitative estimate of drug-likeness (QED) is 0.531. The second-order valence-corrected chi connectivity index (χ2v) is 6.12. The van der Waals surface area contributed by atoms with Crippen LogP contribution in [-0.4, -0.2) is 0 Å². The van der Waals surface area contributed by atoms with Crippen LogP contribution in [0.3, 0.4) is 0 Å². The molecule has 24 heavy (non-hydrogen) atoms. The van der Waals surface area contributed by atoms with Crippen LogP contribution in [0.15, 0.2) is 97.1 Å². The van der Waals surface area contributed by atoms with Crippen molar-refractivity contribution in [3.8, 4) is 0 Å². The van der Waals surface area contributed by atoms with E-state index in [1.165, 1.54) is 33.4 Å². The van der Waals surface area contributed by atoms with E-state index in [9.17, 15) is 0 Å². The average Bonchev–Trinajstić information content (AvgIpc) is 3.04. The molecule has 0 bridgehead atoms. The van der Waals surface area contributed by atoms with E-state index in [1.807, 2.05) is 0 Å². The first-order valence-corrected chi connectivity index (χ1v) is 8.46. The first-order chi connectivity index (χ1) is 11.9. The highest BCUT2D eigenvalue weighted by Gasteiger charge is 2.26. The summed E-state index contributed by atoms with van der Waals surface area (Å²) in [4.78, 5) is 0. The van der Waals surface area contributed by atoms with E-state index >= 15 is 0 Å². The normalized spacial score (nSPS) is 16.6. The molecule has 4 rings (SSSR count). The van der Waals surface area contributed by atoms with Gasteiger partial charge in [-0.25, -0.2) is 0 Å². The summed E-state index contributed by atoms with van der Waals surface area (Å²) in [6.07, 6.45) is 4.67. The molecule has 0 heterocycles. The number of rotatable bonds is 3. The van der Waals surface area contributed by atoms with Crippen LogP contribution in [0.1, 0.15) is 35.1 Å². The smallest absolute Gasteiger partial charge is 0.0287 e. The first kappa shape index (κ1) is 14.7. The molecule has 1 aliphatic rings. The standard InChI is InChI=1S/C24H20/c1-2-20(18-11-5-3-6-12-18)24-17-23(19-13-7-4-8-14-19)21-15-9-10-16-22(21)24/h2-17,24H,1H3/b20-2-. The Morgan fingerprint density at radius 2 is 1.38 bits per heavy atom. The lowest BCUT2D eigenvalue weighted by molar-refractivity contribution is 1.13. The van der Waals surface area contributed by atoms with E-state index in [0.29, 0.717) is 5.92 Å². The number of allylic oxidation sites excluding steroid dienone is 3. The van der Waals surface area contributed by atoms with E-state index in [2.05, 4.69) is 104 Å². The van der Waals surface area contributed by atoms with Crippen molar-refractivity contribution in [1.29, 1.82) is 0 Å². The van der Waals surface area contributed by atoms with Crippen LogP contribution < -0.4 is 0 Å². The second kappa shape index (κ2) is 6.33. The molecule has 0 saturated carbocycles. The predicted molar refractivity (Wildman–Crippen MR) is 103 cm³/mol. The van der Waals surface area contributed by atoms with Gasteiger partial charge in [-0.2, -0.15) is 0 Å². The Balaban J connectivity index is 1.86. The maximum absolute atomic E-state index is 2.42. The molecule has 3 aromatic rings. The van der Waals surface area contributed by atoms with Crippen LogP contribution in [-0.2, 0) is 0 Å². The maximum Gasteiger partial charge on any atom is 0.0287 e. The fourth-order valence-electron chi connectivity index (χ4n) is 3.64. The van der Waals surface area contributed by atoms with E-state index in [0.717, 1.165) is 0 Å². The van der Waals surface area contributed by atoms with Crippen molar-refractivity contribution >= 4 is 11.1 Å². The van der Waals surface area contributed by atoms with Gasteiger partial charge in [0.15, 0.2) is 0 Å². The molecule has 0 radical (unpaired) electrons. The Morgan fingerprint density at radius 3 is 2.08 bits per heavy atom. The zero-order chi connectivity index (χ0) is 16.4. The fourth-order valence-corrected chi connectivity index (χ4v) is 3.64. The molecule has 1 aliphatic carbocycles. The van der Waals surface area contributed by atoms with Crippen LogP contribution in [0.5, 0.6) is 0 Å². The summed E-state index contributed by atoms with van der Waals surface area (Å²) in [7, 11) is 0. The van der Waals surface area contributed by atoms with Crippen LogP contribution in [0, 0.1) is 0 Å². The Bertz CT molecular complexity index is 899. The van der Waals surface area contributed by atoms with Gasteiger partial charge in [-0.15, -0.1) is 0 Å². The third-order valence-electron chi connectivity index (χ3n) is 4.76. The minimum Gasteiger partial charge on any atom is -0.0829 e. The van der Waals surface area contributed by atoms with Gasteiger partial charge in [0, 0.05) is 5.92 Å². The average molecular weight is 308 g/mol. The van der Waals surface area contributed by atoms with E-state index in [4.69, 9.17) is 0 Å². The highest BCUT2D eigenvalue weighted by Crippen LogP contribution is 2.45. The molecule has 0 aliphatic heterocycles. The number of hydrogen-bond donors (Lipinski definition) is 0. The Hall–Kier alpha value is -2.86. The molecular formula is C24H20. The summed E-state index contributed by atoms with van der Waals surface area (Å²) in [5.74, 6) is 0.309. The zero-order valence-corrected chi connectivity index (χ0v) is 13.8. The summed E-state index contributed by atoms with van der Waals surface area (Å²) in [6.45, 7) is 2.14. The minimum absolute atomic E-state index is 0.309. The summed E-state index contributed by atoms with van der Waals surface area (Å²) < 4.78 is 0. The summed E-state index contributed by atoms with van der Waals surface area (Å²) in [5.41, 5.74) is 8.04. The minimum atomic E-state index is 0.309. The lowest BCUT2D eigenvalue weighted by atomic mass is 9.88. The number of benzene rings is 3. The highest BCUT2D eigenvalue weighted by atomic mass is 14.3. The molecule has 0 amide bonds. The molecular weight excluding hydrogens is 288 g/mol. The summed E-state index contributed by atoms with van der Waals surface area (Å²) in [5, 5.41) is 0. The van der Waals surface area contributed by atoms with E-state index in [-0.39, 0.29) is 0 Å². The van der Waals surface area contributed by atoms with Crippen molar-refractivity contribution < 1.29 is 0 Å². The molecule has 0 saturated heterocycles. The Labute approximate surface area is 143 Å². The molecule has 116 valence electrons. The monoisotopic (exact) mass is 308 g/mol. The number of hydrogen-bond acceptors (Lipinski definition) is 0. The third kappa shape index (κ3) is 2.51. The first-order valence-electron chi connectivity index (χ1n) is 8.46. The van der Waals surface area contributed by atoms with Crippen LogP contribution in [0.4, 0.5) is 0 Å². The lowest BCUT2D eigenvalue weighted by Gasteiger charge is -2.15. The molecule has 3 aromatic carbocycles. The summed E-state index contributed by atoms with van der Waals surface area (Å²) in [6, 6.07) is 30.2. The van der Waals surface area contributed by atoms with Gasteiger partial charge in [-0.05, 0) is 40.3 Å². The van der Waals surface area contributed by atoms with Crippen molar-refractivity contribution in [2.45, 2.75) is 12.8 Å². The van der Waals surface area contributed by atoms with Crippen molar-refractivity contribution in [1.82, 2.24) is 0 Å². The largest absolute Gasteiger partial charge is 0.0829 e. The van der Waals surface area contributed by atoms with Crippen molar-refractivity contribution in [2.75, 3.05) is 0 Å². The summed E-state index contributed by atoms with van der Waals surface area (Å²) >= 11 is 0. The van der Waals surface area contributed by atoms with Gasteiger partial charge < -0.3 is 0 Å². The SMILES string of the molecule is C/C=C(/c1ccccc1)C1C=C(c2ccccc2)c2ccccc21. The van der Waals surface area contributed by atoms with Gasteiger partial charge in [0.2, 0.25) is 0 Å². The Kier molecular flexibility index (Phi) is 3.88. The van der Waals surface area contributed by atoms with Gasteiger partial charge in [0.05, 0.1) is 0 Å². The number of fused-ring (bicyclic) bond motifs is 1. The van der Waals surface area contributed by atoms with Gasteiger partial charge >= 0.3 is 0 Å². The molecule has 1 unspecified atom stereocenters. The molecule has 0 heteroatoms. The molecule has 0 spiro atoms. The van der Waals surface area contributed by atoms with Crippen LogP contribution >= 0.6 is 0 Å². The van der Waals surface area contributed by atoms with Gasteiger partial charge in [0.1, 0.15) is 0 Å². The molecule has 1 atom stereocenters.